The Morgan fingerprint density at radius 1 is 0.935 bits per heavy atom. The van der Waals surface area contributed by atoms with E-state index in [-0.39, 0.29) is 5.91 Å². The van der Waals surface area contributed by atoms with Gasteiger partial charge >= 0.3 is 0 Å². The third-order valence-electron chi connectivity index (χ3n) is 4.79. The quantitative estimate of drug-likeness (QED) is 0.429. The van der Waals surface area contributed by atoms with Crippen molar-refractivity contribution >= 4 is 39.4 Å². The molecule has 0 bridgehead atoms. The fraction of sp³-hybridized carbons (Fsp3) is 0.120. The molecule has 1 aliphatic rings. The normalized spacial score (nSPS) is 14.7. The van der Waals surface area contributed by atoms with Crippen molar-refractivity contribution in [3.8, 4) is 11.5 Å². The van der Waals surface area contributed by atoms with Crippen LogP contribution in [0.2, 0.25) is 0 Å². The number of rotatable bonds is 6. The first-order chi connectivity index (χ1) is 15.1. The number of carbonyl (C=O) groups excluding carboxylic acids is 1. The second kappa shape index (κ2) is 9.18. The van der Waals surface area contributed by atoms with Crippen LogP contribution in [0.4, 0.5) is 5.69 Å². The summed E-state index contributed by atoms with van der Waals surface area (Å²) in [7, 11) is 1.62. The summed E-state index contributed by atoms with van der Waals surface area (Å²) in [6.07, 6.45) is 1.80. The zero-order valence-corrected chi connectivity index (χ0v) is 18.8. The minimum Gasteiger partial charge on any atom is -0.497 e. The van der Waals surface area contributed by atoms with Crippen molar-refractivity contribution in [2.24, 2.45) is 4.99 Å². The monoisotopic (exact) mass is 476 g/mol. The molecule has 1 heterocycles. The summed E-state index contributed by atoms with van der Waals surface area (Å²) in [5, 5.41) is 0. The van der Waals surface area contributed by atoms with Gasteiger partial charge in [-0.1, -0.05) is 28.1 Å². The highest BCUT2D eigenvalue weighted by molar-refractivity contribution is 9.10. The van der Waals surface area contributed by atoms with Crippen LogP contribution in [-0.4, -0.2) is 25.5 Å². The number of halogens is 1. The van der Waals surface area contributed by atoms with Crippen LogP contribution in [0.5, 0.6) is 11.5 Å². The molecule has 6 heteroatoms. The van der Waals surface area contributed by atoms with Crippen LogP contribution in [0, 0.1) is 0 Å². The molecular formula is C25H21BrN2O3. The molecule has 1 amide bonds. The molecule has 0 aromatic heterocycles. The molecule has 3 aromatic rings. The van der Waals surface area contributed by atoms with E-state index in [4.69, 9.17) is 14.5 Å². The molecule has 0 spiro atoms. The molecule has 0 saturated carbocycles. The number of ether oxygens (including phenoxy) is 2. The van der Waals surface area contributed by atoms with Crippen molar-refractivity contribution in [3.63, 3.8) is 0 Å². The largest absolute Gasteiger partial charge is 0.497 e. The number of nitrogens with zero attached hydrogens (tertiary/aromatic N) is 2. The van der Waals surface area contributed by atoms with Gasteiger partial charge in [0.15, 0.2) is 0 Å². The summed E-state index contributed by atoms with van der Waals surface area (Å²) in [6, 6.07) is 22.7. The molecule has 1 aliphatic heterocycles. The van der Waals surface area contributed by atoms with Crippen molar-refractivity contribution in [1.82, 2.24) is 0 Å². The van der Waals surface area contributed by atoms with E-state index in [2.05, 4.69) is 15.9 Å². The summed E-state index contributed by atoms with van der Waals surface area (Å²) in [5.41, 5.74) is 2.82. The number of aliphatic imine (C=N–C) groups is 1. The maximum atomic E-state index is 13.4. The fourth-order valence-electron chi connectivity index (χ4n) is 3.26. The van der Waals surface area contributed by atoms with Gasteiger partial charge in [0.1, 0.15) is 23.0 Å². The molecule has 0 radical (unpaired) electrons. The molecule has 0 N–H and O–H groups in total. The summed E-state index contributed by atoms with van der Waals surface area (Å²) < 4.78 is 11.8. The van der Waals surface area contributed by atoms with Gasteiger partial charge in [-0.05, 0) is 79.2 Å². The van der Waals surface area contributed by atoms with Crippen molar-refractivity contribution in [2.45, 2.75) is 6.92 Å². The van der Waals surface area contributed by atoms with Gasteiger partial charge in [-0.15, -0.1) is 0 Å². The summed E-state index contributed by atoms with van der Waals surface area (Å²) in [5.74, 6) is 1.89. The molecule has 0 aliphatic carbocycles. The van der Waals surface area contributed by atoms with Gasteiger partial charge < -0.3 is 9.47 Å². The van der Waals surface area contributed by atoms with Crippen LogP contribution in [-0.2, 0) is 4.79 Å². The summed E-state index contributed by atoms with van der Waals surface area (Å²) >= 11 is 3.43. The maximum absolute atomic E-state index is 13.4. The SMILES string of the molecule is CCOc1ccc(N2C(=O)/C(=C\c3ccc(Br)cc3)N=C2c2ccc(OC)cc2)cc1. The zero-order chi connectivity index (χ0) is 21.8. The number of carbonyl (C=O) groups is 1. The lowest BCUT2D eigenvalue weighted by Crippen LogP contribution is -2.32. The van der Waals surface area contributed by atoms with E-state index < -0.39 is 0 Å². The molecule has 4 rings (SSSR count). The Hall–Kier alpha value is -3.38. The Bertz CT molecular complexity index is 1130. The molecule has 0 saturated heterocycles. The molecule has 5 nitrogen and oxygen atoms in total. The van der Waals surface area contributed by atoms with Gasteiger partial charge in [-0.3, -0.25) is 9.69 Å². The topological polar surface area (TPSA) is 51.1 Å². The molecular weight excluding hydrogens is 456 g/mol. The van der Waals surface area contributed by atoms with Crippen LogP contribution < -0.4 is 14.4 Å². The molecule has 3 aromatic carbocycles. The highest BCUT2D eigenvalue weighted by Gasteiger charge is 2.32. The maximum Gasteiger partial charge on any atom is 0.282 e. The number of amidine groups is 1. The molecule has 31 heavy (non-hydrogen) atoms. The minimum absolute atomic E-state index is 0.183. The average Bonchev–Trinajstić information content (AvgIpc) is 3.12. The Labute approximate surface area is 189 Å². The number of anilines is 1. The van der Waals surface area contributed by atoms with Crippen molar-refractivity contribution in [3.05, 3.63) is 94.1 Å². The van der Waals surface area contributed by atoms with Gasteiger partial charge in [-0.2, -0.15) is 0 Å². The third-order valence-corrected chi connectivity index (χ3v) is 5.32. The van der Waals surface area contributed by atoms with E-state index in [1.807, 2.05) is 79.7 Å². The highest BCUT2D eigenvalue weighted by atomic mass is 79.9. The van der Waals surface area contributed by atoms with Gasteiger partial charge in [0.2, 0.25) is 0 Å². The van der Waals surface area contributed by atoms with Gasteiger partial charge in [0.25, 0.3) is 5.91 Å². The fourth-order valence-corrected chi connectivity index (χ4v) is 3.53. The van der Waals surface area contributed by atoms with Crippen LogP contribution in [0.15, 0.2) is 88.0 Å². The number of hydrogen-bond acceptors (Lipinski definition) is 4. The van der Waals surface area contributed by atoms with Gasteiger partial charge in [0, 0.05) is 10.0 Å². The first-order valence-electron chi connectivity index (χ1n) is 9.86. The first kappa shape index (κ1) is 20.9. The van der Waals surface area contributed by atoms with Gasteiger partial charge in [0.05, 0.1) is 19.4 Å². The lowest BCUT2D eigenvalue weighted by molar-refractivity contribution is -0.113. The van der Waals surface area contributed by atoms with E-state index in [1.54, 1.807) is 18.1 Å². The smallest absolute Gasteiger partial charge is 0.282 e. The third kappa shape index (κ3) is 4.54. The highest BCUT2D eigenvalue weighted by Crippen LogP contribution is 2.30. The predicted molar refractivity (Wildman–Crippen MR) is 127 cm³/mol. The number of methoxy groups -OCH3 is 1. The minimum atomic E-state index is -0.183. The van der Waals surface area contributed by atoms with E-state index in [1.165, 1.54) is 0 Å². The van der Waals surface area contributed by atoms with Crippen molar-refractivity contribution < 1.29 is 14.3 Å². The molecule has 156 valence electrons. The predicted octanol–water partition coefficient (Wildman–Crippen LogP) is 5.69. The number of amides is 1. The standard InChI is InChI=1S/C25H21BrN2O3/c1-3-31-22-14-10-20(11-15-22)28-24(18-6-12-21(30-2)13-7-18)27-23(25(28)29)16-17-4-8-19(26)9-5-17/h4-16H,3H2,1-2H3/b23-16+. The number of benzene rings is 3. The van der Waals surface area contributed by atoms with Gasteiger partial charge in [-0.25, -0.2) is 4.99 Å². The Morgan fingerprint density at radius 2 is 1.58 bits per heavy atom. The second-order valence-electron chi connectivity index (χ2n) is 6.81. The summed E-state index contributed by atoms with van der Waals surface area (Å²) in [4.78, 5) is 19.7. The first-order valence-corrected chi connectivity index (χ1v) is 10.7. The average molecular weight is 477 g/mol. The van der Waals surface area contributed by atoms with Crippen molar-refractivity contribution in [2.75, 3.05) is 18.6 Å². The lowest BCUT2D eigenvalue weighted by atomic mass is 10.1. The second-order valence-corrected chi connectivity index (χ2v) is 7.73. The molecule has 0 unspecified atom stereocenters. The van der Waals surface area contributed by atoms with Crippen LogP contribution in [0.25, 0.3) is 6.08 Å². The van der Waals surface area contributed by atoms with E-state index in [0.717, 1.165) is 32.8 Å². The Balaban J connectivity index is 1.76. The molecule has 0 atom stereocenters. The van der Waals surface area contributed by atoms with E-state index >= 15 is 0 Å². The Morgan fingerprint density at radius 3 is 2.19 bits per heavy atom. The zero-order valence-electron chi connectivity index (χ0n) is 17.2. The van der Waals surface area contributed by atoms with E-state index in [0.29, 0.717) is 18.1 Å². The van der Waals surface area contributed by atoms with E-state index in [9.17, 15) is 4.79 Å². The Kier molecular flexibility index (Phi) is 6.18. The van der Waals surface area contributed by atoms with Crippen LogP contribution >= 0.6 is 15.9 Å². The van der Waals surface area contributed by atoms with Crippen molar-refractivity contribution in [1.29, 1.82) is 0 Å². The van der Waals surface area contributed by atoms with Crippen LogP contribution in [0.1, 0.15) is 18.1 Å². The lowest BCUT2D eigenvalue weighted by Gasteiger charge is -2.19. The molecule has 0 fully saturated rings. The number of hydrogen-bond donors (Lipinski definition) is 0. The summed E-state index contributed by atoms with van der Waals surface area (Å²) in [6.45, 7) is 2.52. The van der Waals surface area contributed by atoms with Crippen LogP contribution in [0.3, 0.4) is 0 Å².